The number of hydrogen-bond acceptors (Lipinski definition) is 8. The first-order valence-corrected chi connectivity index (χ1v) is 12.0. The van der Waals surface area contributed by atoms with E-state index in [1.807, 2.05) is 0 Å². The third-order valence-corrected chi connectivity index (χ3v) is 7.11. The number of nitrogens with zero attached hydrogens (tertiary/aromatic N) is 1. The van der Waals surface area contributed by atoms with Gasteiger partial charge in [-0.05, 0) is 42.8 Å². The number of amides is 1. The summed E-state index contributed by atoms with van der Waals surface area (Å²) in [5, 5.41) is 2.65. The number of nitrogens with one attached hydrogen (secondary N) is 1. The maximum absolute atomic E-state index is 12.7. The van der Waals surface area contributed by atoms with Crippen LogP contribution in [0.5, 0.6) is 11.5 Å². The molecule has 2 aliphatic heterocycles. The normalized spacial score (nSPS) is 16.9. The summed E-state index contributed by atoms with van der Waals surface area (Å²) in [6.07, 6.45) is 1.62. The largest absolute Gasteiger partial charge is 0.454 e. The van der Waals surface area contributed by atoms with E-state index in [1.54, 1.807) is 30.3 Å². The summed E-state index contributed by atoms with van der Waals surface area (Å²) in [6.45, 7) is 2.95. The third kappa shape index (κ3) is 5.56. The molecule has 1 fully saturated rings. The molecule has 1 unspecified atom stereocenters. The number of carbonyl (C=O) groups excluding carboxylic acids is 2. The molecule has 4 rings (SSSR count). The van der Waals surface area contributed by atoms with Gasteiger partial charge in [-0.3, -0.25) is 4.79 Å². The van der Waals surface area contributed by atoms with Gasteiger partial charge in [0.15, 0.2) is 17.6 Å². The number of esters is 1. The van der Waals surface area contributed by atoms with Gasteiger partial charge >= 0.3 is 5.97 Å². The zero-order valence-corrected chi connectivity index (χ0v) is 19.2. The Morgan fingerprint density at radius 3 is 2.50 bits per heavy atom. The standard InChI is InChI=1S/C23H24N2O8S/c1-16(23(27)24-18-5-8-20-21(14-18)32-15-31-20)33-22(26)9-4-17-2-6-19(7-3-17)34(28,29)25-10-12-30-13-11-25/h2-9,14,16H,10-13,15H2,1H3,(H,24,27). The summed E-state index contributed by atoms with van der Waals surface area (Å²) < 4.78 is 47.5. The number of carbonyl (C=O) groups is 2. The van der Waals surface area contributed by atoms with Crippen LogP contribution in [0, 0.1) is 0 Å². The van der Waals surface area contributed by atoms with Gasteiger partial charge in [-0.25, -0.2) is 13.2 Å². The van der Waals surface area contributed by atoms with Crippen molar-refractivity contribution in [2.45, 2.75) is 17.9 Å². The third-order valence-electron chi connectivity index (χ3n) is 5.20. The van der Waals surface area contributed by atoms with Crippen LogP contribution in [0.2, 0.25) is 0 Å². The Labute approximate surface area is 197 Å². The van der Waals surface area contributed by atoms with E-state index >= 15 is 0 Å². The van der Waals surface area contributed by atoms with Gasteiger partial charge in [0.05, 0.1) is 18.1 Å². The second-order valence-electron chi connectivity index (χ2n) is 7.56. The van der Waals surface area contributed by atoms with Gasteiger partial charge in [0.1, 0.15) is 0 Å². The SMILES string of the molecule is CC(OC(=O)C=Cc1ccc(S(=O)(=O)N2CCOCC2)cc1)C(=O)Nc1ccc2c(c1)OCO2. The predicted octanol–water partition coefficient (Wildman–Crippen LogP) is 2.02. The van der Waals surface area contributed by atoms with Crippen LogP contribution < -0.4 is 14.8 Å². The van der Waals surface area contributed by atoms with Crippen LogP contribution in [-0.4, -0.2) is 63.8 Å². The lowest BCUT2D eigenvalue weighted by Gasteiger charge is -2.26. The van der Waals surface area contributed by atoms with E-state index in [4.69, 9.17) is 18.9 Å². The maximum Gasteiger partial charge on any atom is 0.331 e. The van der Waals surface area contributed by atoms with Crippen molar-refractivity contribution in [2.75, 3.05) is 38.4 Å². The lowest BCUT2D eigenvalue weighted by molar-refractivity contribution is -0.148. The highest BCUT2D eigenvalue weighted by Crippen LogP contribution is 2.34. The van der Waals surface area contributed by atoms with Crippen molar-refractivity contribution >= 4 is 33.7 Å². The molecule has 2 aliphatic rings. The molecule has 0 aromatic heterocycles. The summed E-state index contributed by atoms with van der Waals surface area (Å²) >= 11 is 0. The van der Waals surface area contributed by atoms with Gasteiger partial charge in [-0.15, -0.1) is 0 Å². The lowest BCUT2D eigenvalue weighted by Crippen LogP contribution is -2.40. The molecule has 2 aromatic rings. The average molecular weight is 489 g/mol. The van der Waals surface area contributed by atoms with Crippen LogP contribution in [0.3, 0.4) is 0 Å². The Hall–Kier alpha value is -3.41. The molecule has 0 bridgehead atoms. The molecular formula is C23H24N2O8S. The topological polar surface area (TPSA) is 120 Å². The van der Waals surface area contributed by atoms with Crippen molar-refractivity contribution in [1.29, 1.82) is 0 Å². The molecular weight excluding hydrogens is 464 g/mol. The zero-order chi connectivity index (χ0) is 24.1. The highest BCUT2D eigenvalue weighted by Gasteiger charge is 2.26. The summed E-state index contributed by atoms with van der Waals surface area (Å²) in [4.78, 5) is 24.6. The molecule has 1 saturated heterocycles. The first kappa shape index (κ1) is 23.7. The molecule has 2 heterocycles. The number of benzene rings is 2. The molecule has 0 saturated carbocycles. The lowest BCUT2D eigenvalue weighted by atomic mass is 10.2. The van der Waals surface area contributed by atoms with E-state index in [-0.39, 0.29) is 11.7 Å². The molecule has 0 spiro atoms. The van der Waals surface area contributed by atoms with Crippen molar-refractivity contribution in [3.63, 3.8) is 0 Å². The van der Waals surface area contributed by atoms with Gasteiger partial charge in [-0.2, -0.15) is 4.31 Å². The van der Waals surface area contributed by atoms with Crippen LogP contribution in [0.1, 0.15) is 12.5 Å². The van der Waals surface area contributed by atoms with Gasteiger partial charge in [0.2, 0.25) is 16.8 Å². The first-order chi connectivity index (χ1) is 16.3. The molecule has 1 N–H and O–H groups in total. The summed E-state index contributed by atoms with van der Waals surface area (Å²) in [5.41, 5.74) is 1.09. The molecule has 1 amide bonds. The molecule has 34 heavy (non-hydrogen) atoms. The van der Waals surface area contributed by atoms with Crippen LogP contribution in [-0.2, 0) is 29.1 Å². The number of anilines is 1. The average Bonchev–Trinajstić information content (AvgIpc) is 3.31. The number of fused-ring (bicyclic) bond motifs is 1. The minimum atomic E-state index is -3.59. The van der Waals surface area contributed by atoms with E-state index in [2.05, 4.69) is 5.32 Å². The monoisotopic (exact) mass is 488 g/mol. The highest BCUT2D eigenvalue weighted by atomic mass is 32.2. The van der Waals surface area contributed by atoms with Gasteiger partial charge in [0.25, 0.3) is 5.91 Å². The summed E-state index contributed by atoms with van der Waals surface area (Å²) in [5.74, 6) is -0.0971. The fourth-order valence-electron chi connectivity index (χ4n) is 3.34. The maximum atomic E-state index is 12.7. The number of morpholine rings is 1. The Morgan fingerprint density at radius 2 is 1.76 bits per heavy atom. The molecule has 10 nitrogen and oxygen atoms in total. The second-order valence-corrected chi connectivity index (χ2v) is 9.49. The Bertz CT molecular complexity index is 1190. The molecule has 11 heteroatoms. The van der Waals surface area contributed by atoms with E-state index in [0.29, 0.717) is 49.1 Å². The van der Waals surface area contributed by atoms with E-state index in [1.165, 1.54) is 35.5 Å². The minimum Gasteiger partial charge on any atom is -0.454 e. The molecule has 0 radical (unpaired) electrons. The summed E-state index contributed by atoms with van der Waals surface area (Å²) in [7, 11) is -3.59. The Kier molecular flexibility index (Phi) is 7.15. The van der Waals surface area contributed by atoms with Crippen LogP contribution in [0.25, 0.3) is 6.08 Å². The first-order valence-electron chi connectivity index (χ1n) is 10.6. The predicted molar refractivity (Wildman–Crippen MR) is 122 cm³/mol. The number of ether oxygens (including phenoxy) is 4. The van der Waals surface area contributed by atoms with Crippen LogP contribution in [0.4, 0.5) is 5.69 Å². The molecule has 180 valence electrons. The number of sulfonamides is 1. The van der Waals surface area contributed by atoms with Gasteiger partial charge in [-0.1, -0.05) is 12.1 Å². The van der Waals surface area contributed by atoms with E-state index < -0.39 is 28.0 Å². The quantitative estimate of drug-likeness (QED) is 0.464. The minimum absolute atomic E-state index is 0.124. The van der Waals surface area contributed by atoms with Crippen LogP contribution >= 0.6 is 0 Å². The fraction of sp³-hybridized carbons (Fsp3) is 0.304. The molecule has 2 aromatic carbocycles. The van der Waals surface area contributed by atoms with Crippen LogP contribution in [0.15, 0.2) is 53.4 Å². The van der Waals surface area contributed by atoms with Gasteiger partial charge in [0, 0.05) is 30.9 Å². The highest BCUT2D eigenvalue weighted by molar-refractivity contribution is 7.89. The molecule has 0 aliphatic carbocycles. The summed E-state index contributed by atoms with van der Waals surface area (Å²) in [6, 6.07) is 11.1. The van der Waals surface area contributed by atoms with Crippen molar-refractivity contribution in [2.24, 2.45) is 0 Å². The van der Waals surface area contributed by atoms with E-state index in [9.17, 15) is 18.0 Å². The Balaban J connectivity index is 1.30. The van der Waals surface area contributed by atoms with Crippen molar-refractivity contribution < 1.29 is 37.0 Å². The fourth-order valence-corrected chi connectivity index (χ4v) is 4.74. The Morgan fingerprint density at radius 1 is 1.06 bits per heavy atom. The van der Waals surface area contributed by atoms with Crippen molar-refractivity contribution in [3.05, 3.63) is 54.1 Å². The molecule has 1 atom stereocenters. The van der Waals surface area contributed by atoms with Crippen molar-refractivity contribution in [1.82, 2.24) is 4.31 Å². The second kappa shape index (κ2) is 10.2. The number of hydrogen-bond donors (Lipinski definition) is 1. The van der Waals surface area contributed by atoms with Gasteiger partial charge < -0.3 is 24.3 Å². The van der Waals surface area contributed by atoms with E-state index in [0.717, 1.165) is 0 Å². The smallest absolute Gasteiger partial charge is 0.331 e. The zero-order valence-electron chi connectivity index (χ0n) is 18.4. The number of rotatable bonds is 7. The van der Waals surface area contributed by atoms with Crippen molar-refractivity contribution in [3.8, 4) is 11.5 Å².